The third-order valence-corrected chi connectivity index (χ3v) is 2.45. The first-order valence-electron chi connectivity index (χ1n) is 5.26. The summed E-state index contributed by atoms with van der Waals surface area (Å²) in [4.78, 5) is 0. The van der Waals surface area contributed by atoms with Crippen LogP contribution in [-0.2, 0) is 0 Å². The first-order chi connectivity index (χ1) is 7.24. The van der Waals surface area contributed by atoms with Gasteiger partial charge in [0.15, 0.2) is 0 Å². The van der Waals surface area contributed by atoms with E-state index in [-0.39, 0.29) is 12.5 Å². The minimum atomic E-state index is -0.489. The number of aliphatic hydroxyl groups excluding tert-OH is 2. The average molecular weight is 206 g/mol. The molecular formula is C13H18O2. The molecule has 0 aliphatic carbocycles. The lowest BCUT2D eigenvalue weighted by molar-refractivity contribution is 0.138. The molecule has 0 saturated carbocycles. The van der Waals surface area contributed by atoms with Crippen LogP contribution in [0.3, 0.4) is 0 Å². The van der Waals surface area contributed by atoms with E-state index in [9.17, 15) is 5.11 Å². The molecule has 0 aromatic heterocycles. The Morgan fingerprint density at radius 2 is 1.93 bits per heavy atom. The van der Waals surface area contributed by atoms with Gasteiger partial charge in [0.25, 0.3) is 0 Å². The van der Waals surface area contributed by atoms with Gasteiger partial charge in [0.2, 0.25) is 0 Å². The smallest absolute Gasteiger partial charge is 0.0750 e. The minimum Gasteiger partial charge on any atom is -0.396 e. The number of hydrogen-bond acceptors (Lipinski definition) is 2. The molecule has 0 spiro atoms. The molecule has 0 unspecified atom stereocenters. The monoisotopic (exact) mass is 206 g/mol. The molecule has 2 N–H and O–H groups in total. The van der Waals surface area contributed by atoms with Crippen molar-refractivity contribution in [2.75, 3.05) is 6.61 Å². The van der Waals surface area contributed by atoms with Crippen LogP contribution in [0.15, 0.2) is 36.4 Å². The van der Waals surface area contributed by atoms with Crippen LogP contribution in [0, 0.1) is 5.92 Å². The summed E-state index contributed by atoms with van der Waals surface area (Å²) in [5, 5.41) is 18.4. The zero-order chi connectivity index (χ0) is 11.1. The lowest BCUT2D eigenvalue weighted by Crippen LogP contribution is -2.15. The van der Waals surface area contributed by atoms with Crippen molar-refractivity contribution in [2.45, 2.75) is 19.4 Å². The zero-order valence-corrected chi connectivity index (χ0v) is 9.00. The average Bonchev–Trinajstić information content (AvgIpc) is 2.27. The molecule has 82 valence electrons. The highest BCUT2D eigenvalue weighted by Gasteiger charge is 2.09. The van der Waals surface area contributed by atoms with Crippen LogP contribution in [0.1, 0.15) is 18.9 Å². The summed E-state index contributed by atoms with van der Waals surface area (Å²) in [5.41, 5.74) is 1.08. The molecule has 0 bridgehead atoms. The van der Waals surface area contributed by atoms with Gasteiger partial charge in [0.1, 0.15) is 0 Å². The van der Waals surface area contributed by atoms with E-state index in [1.807, 2.05) is 43.3 Å². The highest BCUT2D eigenvalue weighted by molar-refractivity contribution is 5.49. The number of rotatable bonds is 5. The molecule has 0 heterocycles. The standard InChI is InChI=1S/C13H18O2/c1-11(9-10-14)13(15)8-7-12-5-3-2-4-6-12/h2-8,11,13-15H,9-10H2,1H3/b8-7+/t11-,13+/m0/s1. The van der Waals surface area contributed by atoms with E-state index in [2.05, 4.69) is 0 Å². The Bertz CT molecular complexity index is 293. The van der Waals surface area contributed by atoms with E-state index in [0.717, 1.165) is 5.56 Å². The second-order valence-electron chi connectivity index (χ2n) is 3.75. The van der Waals surface area contributed by atoms with Crippen molar-refractivity contribution in [3.8, 4) is 0 Å². The van der Waals surface area contributed by atoms with Gasteiger partial charge in [-0.2, -0.15) is 0 Å². The molecule has 15 heavy (non-hydrogen) atoms. The number of aliphatic hydroxyl groups is 2. The molecule has 2 heteroatoms. The molecule has 1 aromatic carbocycles. The van der Waals surface area contributed by atoms with Gasteiger partial charge in [-0.1, -0.05) is 49.4 Å². The fraction of sp³-hybridized carbons (Fsp3) is 0.385. The maximum absolute atomic E-state index is 9.71. The molecule has 0 fully saturated rings. The van der Waals surface area contributed by atoms with Crippen molar-refractivity contribution in [1.82, 2.24) is 0 Å². The molecule has 0 saturated heterocycles. The van der Waals surface area contributed by atoms with Crippen molar-refractivity contribution < 1.29 is 10.2 Å². The first kappa shape index (κ1) is 12.0. The SMILES string of the molecule is C[C@@H](CCO)[C@H](O)/C=C/c1ccccc1. The maximum atomic E-state index is 9.71. The summed E-state index contributed by atoms with van der Waals surface area (Å²) in [5.74, 6) is 0.0926. The number of benzene rings is 1. The van der Waals surface area contributed by atoms with Crippen LogP contribution in [0.4, 0.5) is 0 Å². The molecular weight excluding hydrogens is 188 g/mol. The molecule has 1 aromatic rings. The molecule has 1 rings (SSSR count). The third-order valence-electron chi connectivity index (χ3n) is 2.45. The quantitative estimate of drug-likeness (QED) is 0.774. The van der Waals surface area contributed by atoms with Gasteiger partial charge < -0.3 is 10.2 Å². The summed E-state index contributed by atoms with van der Waals surface area (Å²) in [6, 6.07) is 9.86. The molecule has 2 atom stereocenters. The Morgan fingerprint density at radius 3 is 2.53 bits per heavy atom. The van der Waals surface area contributed by atoms with Crippen LogP contribution >= 0.6 is 0 Å². The van der Waals surface area contributed by atoms with Crippen LogP contribution in [0.2, 0.25) is 0 Å². The van der Waals surface area contributed by atoms with Crippen molar-refractivity contribution >= 4 is 6.08 Å². The summed E-state index contributed by atoms with van der Waals surface area (Å²) >= 11 is 0. The van der Waals surface area contributed by atoms with E-state index in [4.69, 9.17) is 5.11 Å². The molecule has 0 aliphatic heterocycles. The predicted molar refractivity (Wildman–Crippen MR) is 62.3 cm³/mol. The zero-order valence-electron chi connectivity index (χ0n) is 9.00. The van der Waals surface area contributed by atoms with Crippen LogP contribution in [0.25, 0.3) is 6.08 Å². The van der Waals surface area contributed by atoms with E-state index < -0.39 is 6.10 Å². The summed E-state index contributed by atoms with van der Waals surface area (Å²) in [6.45, 7) is 2.05. The number of hydrogen-bond donors (Lipinski definition) is 2. The maximum Gasteiger partial charge on any atom is 0.0750 e. The van der Waals surface area contributed by atoms with Crippen molar-refractivity contribution in [2.24, 2.45) is 5.92 Å². The highest BCUT2D eigenvalue weighted by Crippen LogP contribution is 2.10. The van der Waals surface area contributed by atoms with Gasteiger partial charge in [0, 0.05) is 6.61 Å². The second kappa shape index (κ2) is 6.38. The van der Waals surface area contributed by atoms with E-state index in [1.54, 1.807) is 6.08 Å². The van der Waals surface area contributed by atoms with Crippen LogP contribution in [0.5, 0.6) is 0 Å². The van der Waals surface area contributed by atoms with Gasteiger partial charge in [-0.05, 0) is 17.9 Å². The second-order valence-corrected chi connectivity index (χ2v) is 3.75. The summed E-state index contributed by atoms with van der Waals surface area (Å²) in [6.07, 6.45) is 3.81. The topological polar surface area (TPSA) is 40.5 Å². The molecule has 2 nitrogen and oxygen atoms in total. The summed E-state index contributed by atoms with van der Waals surface area (Å²) < 4.78 is 0. The van der Waals surface area contributed by atoms with E-state index >= 15 is 0 Å². The predicted octanol–water partition coefficient (Wildman–Crippen LogP) is 2.08. The van der Waals surface area contributed by atoms with Crippen molar-refractivity contribution in [3.05, 3.63) is 42.0 Å². The fourth-order valence-electron chi connectivity index (χ4n) is 1.34. The van der Waals surface area contributed by atoms with Gasteiger partial charge in [0.05, 0.1) is 6.10 Å². The summed E-state index contributed by atoms with van der Waals surface area (Å²) in [7, 11) is 0. The lowest BCUT2D eigenvalue weighted by atomic mass is 10.0. The highest BCUT2D eigenvalue weighted by atomic mass is 16.3. The van der Waals surface area contributed by atoms with E-state index in [1.165, 1.54) is 0 Å². The Labute approximate surface area is 90.9 Å². The van der Waals surface area contributed by atoms with Crippen molar-refractivity contribution in [1.29, 1.82) is 0 Å². The van der Waals surface area contributed by atoms with Gasteiger partial charge >= 0.3 is 0 Å². The van der Waals surface area contributed by atoms with E-state index in [0.29, 0.717) is 6.42 Å². The lowest BCUT2D eigenvalue weighted by Gasteiger charge is -2.13. The molecule has 0 radical (unpaired) electrons. The first-order valence-corrected chi connectivity index (χ1v) is 5.26. The van der Waals surface area contributed by atoms with Gasteiger partial charge in [-0.3, -0.25) is 0 Å². The van der Waals surface area contributed by atoms with Crippen LogP contribution in [-0.4, -0.2) is 22.9 Å². The van der Waals surface area contributed by atoms with Crippen molar-refractivity contribution in [3.63, 3.8) is 0 Å². The largest absolute Gasteiger partial charge is 0.396 e. The Balaban J connectivity index is 2.50. The molecule has 0 aliphatic rings. The minimum absolute atomic E-state index is 0.0926. The molecule has 0 amide bonds. The van der Waals surface area contributed by atoms with Crippen LogP contribution < -0.4 is 0 Å². The van der Waals surface area contributed by atoms with Gasteiger partial charge in [-0.25, -0.2) is 0 Å². The normalized spacial score (nSPS) is 15.4. The third kappa shape index (κ3) is 4.28. The Hall–Kier alpha value is -1.12. The Kier molecular flexibility index (Phi) is 5.08. The fourth-order valence-corrected chi connectivity index (χ4v) is 1.34. The van der Waals surface area contributed by atoms with Gasteiger partial charge in [-0.15, -0.1) is 0 Å². The Morgan fingerprint density at radius 1 is 1.27 bits per heavy atom.